The van der Waals surface area contributed by atoms with Crippen LogP contribution in [0.4, 0.5) is 16.2 Å². The summed E-state index contributed by atoms with van der Waals surface area (Å²) in [4.78, 5) is 12.2. The fourth-order valence-electron chi connectivity index (χ4n) is 2.41. The van der Waals surface area contributed by atoms with Crippen LogP contribution in [0.2, 0.25) is 0 Å². The molecule has 0 saturated heterocycles. The Balaban J connectivity index is 2.03. The number of hydrogen-bond acceptors (Lipinski definition) is 1. The van der Waals surface area contributed by atoms with Crippen molar-refractivity contribution in [3.8, 4) is 0 Å². The summed E-state index contributed by atoms with van der Waals surface area (Å²) in [7, 11) is 0. The van der Waals surface area contributed by atoms with E-state index in [4.69, 9.17) is 0 Å². The van der Waals surface area contributed by atoms with E-state index in [-0.39, 0.29) is 16.9 Å². The Hall–Kier alpha value is -2.29. The Kier molecular flexibility index (Phi) is 5.02. The van der Waals surface area contributed by atoms with Gasteiger partial charge in [-0.1, -0.05) is 65.8 Å². The summed E-state index contributed by atoms with van der Waals surface area (Å²) < 4.78 is 0. The van der Waals surface area contributed by atoms with Crippen LogP contribution in [0.25, 0.3) is 0 Å². The van der Waals surface area contributed by atoms with Crippen molar-refractivity contribution >= 4 is 17.4 Å². The monoisotopic (exact) mass is 324 g/mol. The first-order valence-electron chi connectivity index (χ1n) is 8.35. The minimum Gasteiger partial charge on any atom is -0.308 e. The van der Waals surface area contributed by atoms with Gasteiger partial charge in [0.05, 0.1) is 0 Å². The molecule has 0 aromatic heterocycles. The highest BCUT2D eigenvalue weighted by Gasteiger charge is 2.15. The summed E-state index contributed by atoms with van der Waals surface area (Å²) in [6, 6.07) is 15.7. The molecule has 3 nitrogen and oxygen atoms in total. The number of hydrogen-bond donors (Lipinski definition) is 2. The molecule has 0 heterocycles. The molecule has 2 aromatic rings. The molecule has 2 amide bonds. The van der Waals surface area contributed by atoms with Crippen molar-refractivity contribution in [3.05, 3.63) is 59.7 Å². The predicted octanol–water partition coefficient (Wildman–Crippen LogP) is 5.93. The number of rotatable bonds is 2. The number of carbonyl (C=O) groups is 1. The first kappa shape index (κ1) is 18.1. The predicted molar refractivity (Wildman–Crippen MR) is 103 cm³/mol. The second kappa shape index (κ2) is 6.68. The van der Waals surface area contributed by atoms with Crippen LogP contribution in [-0.4, -0.2) is 6.03 Å². The van der Waals surface area contributed by atoms with E-state index in [2.05, 4.69) is 70.4 Å². The standard InChI is InChI=1S/C21H28N2O/c1-20(2,3)15-10-12-17(13-11-15)22-19(24)23-18-9-7-8-16(14-18)21(4,5)6/h7-14H,1-6H3,(H2,22,23,24). The van der Waals surface area contributed by atoms with Crippen LogP contribution >= 0.6 is 0 Å². The molecular weight excluding hydrogens is 296 g/mol. The van der Waals surface area contributed by atoms with Gasteiger partial charge in [-0.25, -0.2) is 4.79 Å². The van der Waals surface area contributed by atoms with Crippen molar-refractivity contribution in [2.75, 3.05) is 10.6 Å². The minimum atomic E-state index is -0.232. The number of urea groups is 1. The van der Waals surface area contributed by atoms with Gasteiger partial charge in [0.1, 0.15) is 0 Å². The van der Waals surface area contributed by atoms with E-state index in [1.54, 1.807) is 0 Å². The lowest BCUT2D eigenvalue weighted by Gasteiger charge is -2.20. The van der Waals surface area contributed by atoms with Gasteiger partial charge in [0.2, 0.25) is 0 Å². The van der Waals surface area contributed by atoms with E-state index >= 15 is 0 Å². The SMILES string of the molecule is CC(C)(C)c1ccc(NC(=O)Nc2cccc(C(C)(C)C)c2)cc1. The number of nitrogens with one attached hydrogen (secondary N) is 2. The molecule has 0 aliphatic carbocycles. The molecule has 24 heavy (non-hydrogen) atoms. The Morgan fingerprint density at radius 2 is 1.25 bits per heavy atom. The van der Waals surface area contributed by atoms with E-state index in [1.807, 2.05) is 30.3 Å². The molecule has 2 aromatic carbocycles. The largest absolute Gasteiger partial charge is 0.323 e. The van der Waals surface area contributed by atoms with Crippen LogP contribution in [-0.2, 0) is 10.8 Å². The molecule has 0 radical (unpaired) electrons. The second-order valence-corrected chi connectivity index (χ2v) is 8.24. The molecule has 0 fully saturated rings. The number of anilines is 2. The summed E-state index contributed by atoms with van der Waals surface area (Å²) in [5.41, 5.74) is 4.17. The van der Waals surface area contributed by atoms with Crippen molar-refractivity contribution in [3.63, 3.8) is 0 Å². The van der Waals surface area contributed by atoms with E-state index in [0.717, 1.165) is 11.4 Å². The Morgan fingerprint density at radius 1 is 0.708 bits per heavy atom. The zero-order chi connectivity index (χ0) is 18.0. The molecule has 0 saturated carbocycles. The lowest BCUT2D eigenvalue weighted by Crippen LogP contribution is -2.20. The first-order chi connectivity index (χ1) is 11.1. The van der Waals surface area contributed by atoms with Gasteiger partial charge >= 0.3 is 6.03 Å². The summed E-state index contributed by atoms with van der Waals surface area (Å²) >= 11 is 0. The zero-order valence-corrected chi connectivity index (χ0v) is 15.5. The maximum atomic E-state index is 12.2. The third-order valence-electron chi connectivity index (χ3n) is 4.00. The average molecular weight is 324 g/mol. The van der Waals surface area contributed by atoms with E-state index < -0.39 is 0 Å². The van der Waals surface area contributed by atoms with Gasteiger partial charge in [0.25, 0.3) is 0 Å². The van der Waals surface area contributed by atoms with Crippen molar-refractivity contribution in [2.45, 2.75) is 52.4 Å². The van der Waals surface area contributed by atoms with Gasteiger partial charge in [-0.2, -0.15) is 0 Å². The highest BCUT2D eigenvalue weighted by atomic mass is 16.2. The highest BCUT2D eigenvalue weighted by molar-refractivity contribution is 5.99. The topological polar surface area (TPSA) is 41.1 Å². The van der Waals surface area contributed by atoms with E-state index in [1.165, 1.54) is 11.1 Å². The molecule has 2 rings (SSSR count). The maximum absolute atomic E-state index is 12.2. The van der Waals surface area contributed by atoms with Crippen molar-refractivity contribution < 1.29 is 4.79 Å². The first-order valence-corrected chi connectivity index (χ1v) is 8.35. The summed E-state index contributed by atoms with van der Waals surface area (Å²) in [6.07, 6.45) is 0. The lowest BCUT2D eigenvalue weighted by molar-refractivity contribution is 0.262. The van der Waals surface area contributed by atoms with Crippen LogP contribution in [0.1, 0.15) is 52.7 Å². The number of benzene rings is 2. The summed E-state index contributed by atoms with van der Waals surface area (Å²) in [5, 5.41) is 5.77. The van der Waals surface area contributed by atoms with Crippen molar-refractivity contribution in [1.82, 2.24) is 0 Å². The Morgan fingerprint density at radius 3 is 1.79 bits per heavy atom. The molecule has 2 N–H and O–H groups in total. The molecule has 0 atom stereocenters. The van der Waals surface area contributed by atoms with Gasteiger partial charge in [-0.05, 0) is 46.2 Å². The lowest BCUT2D eigenvalue weighted by atomic mass is 9.87. The molecule has 0 unspecified atom stereocenters. The molecule has 3 heteroatoms. The third kappa shape index (κ3) is 4.85. The molecule has 0 bridgehead atoms. The molecule has 0 spiro atoms. The van der Waals surface area contributed by atoms with Gasteiger partial charge in [0.15, 0.2) is 0 Å². The van der Waals surface area contributed by atoms with Crippen molar-refractivity contribution in [2.24, 2.45) is 0 Å². The highest BCUT2D eigenvalue weighted by Crippen LogP contribution is 2.25. The normalized spacial score (nSPS) is 11.9. The van der Waals surface area contributed by atoms with Gasteiger partial charge in [-0.15, -0.1) is 0 Å². The maximum Gasteiger partial charge on any atom is 0.323 e. The Labute approximate surface area is 145 Å². The number of amides is 2. The third-order valence-corrected chi connectivity index (χ3v) is 4.00. The number of carbonyl (C=O) groups excluding carboxylic acids is 1. The fourth-order valence-corrected chi connectivity index (χ4v) is 2.41. The second-order valence-electron chi connectivity index (χ2n) is 8.24. The fraction of sp³-hybridized carbons (Fsp3) is 0.381. The summed E-state index contributed by atoms with van der Waals surface area (Å²) in [6.45, 7) is 13.0. The van der Waals surface area contributed by atoms with E-state index in [0.29, 0.717) is 0 Å². The van der Waals surface area contributed by atoms with Crippen LogP contribution in [0, 0.1) is 0 Å². The molecular formula is C21H28N2O. The molecule has 128 valence electrons. The van der Waals surface area contributed by atoms with Crippen LogP contribution < -0.4 is 10.6 Å². The minimum absolute atomic E-state index is 0.0525. The summed E-state index contributed by atoms with van der Waals surface area (Å²) in [5.74, 6) is 0. The van der Waals surface area contributed by atoms with Gasteiger partial charge < -0.3 is 10.6 Å². The Bertz CT molecular complexity index is 704. The van der Waals surface area contributed by atoms with Gasteiger partial charge in [0, 0.05) is 11.4 Å². The van der Waals surface area contributed by atoms with Gasteiger partial charge in [-0.3, -0.25) is 0 Å². The molecule has 0 aliphatic rings. The smallest absolute Gasteiger partial charge is 0.308 e. The van der Waals surface area contributed by atoms with Crippen LogP contribution in [0.5, 0.6) is 0 Å². The average Bonchev–Trinajstić information content (AvgIpc) is 2.46. The van der Waals surface area contributed by atoms with Crippen molar-refractivity contribution in [1.29, 1.82) is 0 Å². The molecule has 0 aliphatic heterocycles. The quantitative estimate of drug-likeness (QED) is 0.706. The van der Waals surface area contributed by atoms with E-state index in [9.17, 15) is 4.79 Å². The van der Waals surface area contributed by atoms with Crippen LogP contribution in [0.15, 0.2) is 48.5 Å². The van der Waals surface area contributed by atoms with Crippen LogP contribution in [0.3, 0.4) is 0 Å². The zero-order valence-electron chi connectivity index (χ0n) is 15.5.